The molecule has 17 heavy (non-hydrogen) atoms. The Kier molecular flexibility index (Phi) is 5.29. The molecule has 1 heterocycles. The highest BCUT2D eigenvalue weighted by atomic mass is 16.1. The Morgan fingerprint density at radius 1 is 1.41 bits per heavy atom. The molecule has 2 N–H and O–H groups in total. The molecular weight excluding hydrogens is 212 g/mol. The molecule has 0 aliphatic carbocycles. The van der Waals surface area contributed by atoms with Gasteiger partial charge < -0.3 is 5.73 Å². The molecule has 0 radical (unpaired) electrons. The van der Waals surface area contributed by atoms with Gasteiger partial charge in [0.05, 0.1) is 12.5 Å². The molecule has 3 heteroatoms. The Morgan fingerprint density at radius 2 is 2.12 bits per heavy atom. The van der Waals surface area contributed by atoms with Crippen molar-refractivity contribution in [2.75, 3.05) is 0 Å². The van der Waals surface area contributed by atoms with Gasteiger partial charge in [-0.2, -0.15) is 0 Å². The van der Waals surface area contributed by atoms with Gasteiger partial charge in [-0.05, 0) is 30.4 Å². The standard InChI is InChI=1S/C14H22N2O/c1-4-11-5-6-12(16-9-11)8-14(17)13(15)7-10(2)3/h5-6,9-10,13H,4,7-8,15H2,1-3H3. The van der Waals surface area contributed by atoms with Crippen LogP contribution in [0.15, 0.2) is 18.3 Å². The van der Waals surface area contributed by atoms with E-state index in [1.165, 1.54) is 5.56 Å². The molecule has 0 spiro atoms. The van der Waals surface area contributed by atoms with Crippen molar-refractivity contribution in [2.24, 2.45) is 11.7 Å². The highest BCUT2D eigenvalue weighted by Crippen LogP contribution is 2.07. The molecule has 0 aromatic carbocycles. The molecule has 0 amide bonds. The summed E-state index contributed by atoms with van der Waals surface area (Å²) in [5, 5.41) is 0. The second-order valence-electron chi connectivity index (χ2n) is 4.89. The second kappa shape index (κ2) is 6.50. The molecular formula is C14H22N2O. The van der Waals surface area contributed by atoms with Crippen LogP contribution in [0.25, 0.3) is 0 Å². The van der Waals surface area contributed by atoms with Crippen molar-refractivity contribution < 1.29 is 4.79 Å². The third-order valence-electron chi connectivity index (χ3n) is 2.79. The number of carbonyl (C=O) groups is 1. The Balaban J connectivity index is 2.55. The van der Waals surface area contributed by atoms with E-state index in [1.807, 2.05) is 18.3 Å². The summed E-state index contributed by atoms with van der Waals surface area (Å²) < 4.78 is 0. The highest BCUT2D eigenvalue weighted by Gasteiger charge is 2.15. The molecule has 1 unspecified atom stereocenters. The van der Waals surface area contributed by atoms with Crippen LogP contribution in [-0.2, 0) is 17.6 Å². The lowest BCUT2D eigenvalue weighted by Crippen LogP contribution is -2.33. The lowest BCUT2D eigenvalue weighted by molar-refractivity contribution is -0.120. The van der Waals surface area contributed by atoms with Crippen LogP contribution < -0.4 is 5.73 Å². The molecule has 1 atom stereocenters. The summed E-state index contributed by atoms with van der Waals surface area (Å²) in [6.45, 7) is 6.23. The summed E-state index contributed by atoms with van der Waals surface area (Å²) in [5.41, 5.74) is 7.84. The van der Waals surface area contributed by atoms with Gasteiger partial charge in [-0.1, -0.05) is 26.8 Å². The molecule has 1 rings (SSSR count). The molecule has 1 aromatic rings. The van der Waals surface area contributed by atoms with Gasteiger partial charge in [-0.15, -0.1) is 0 Å². The number of hydrogen-bond donors (Lipinski definition) is 1. The molecule has 0 aliphatic heterocycles. The summed E-state index contributed by atoms with van der Waals surface area (Å²) >= 11 is 0. The van der Waals surface area contributed by atoms with Crippen LogP contribution in [0.1, 0.15) is 38.4 Å². The predicted octanol–water partition coefficient (Wildman–Crippen LogP) is 2.13. The fourth-order valence-electron chi connectivity index (χ4n) is 1.72. The van der Waals surface area contributed by atoms with E-state index in [0.717, 1.165) is 18.5 Å². The Bertz CT molecular complexity index is 357. The number of aryl methyl sites for hydroxylation is 1. The number of carbonyl (C=O) groups excluding carboxylic acids is 1. The van der Waals surface area contributed by atoms with Gasteiger partial charge >= 0.3 is 0 Å². The summed E-state index contributed by atoms with van der Waals surface area (Å²) in [4.78, 5) is 16.1. The largest absolute Gasteiger partial charge is 0.321 e. The van der Waals surface area contributed by atoms with E-state index in [0.29, 0.717) is 12.3 Å². The van der Waals surface area contributed by atoms with Crippen molar-refractivity contribution in [2.45, 2.75) is 46.1 Å². The maximum absolute atomic E-state index is 11.8. The van der Waals surface area contributed by atoms with Crippen molar-refractivity contribution in [3.05, 3.63) is 29.6 Å². The van der Waals surface area contributed by atoms with Crippen LogP contribution in [0.3, 0.4) is 0 Å². The number of Topliss-reactive ketones (excluding diaryl/α,β-unsaturated/α-hetero) is 1. The predicted molar refractivity (Wildman–Crippen MR) is 69.8 cm³/mol. The lowest BCUT2D eigenvalue weighted by atomic mass is 9.98. The maximum Gasteiger partial charge on any atom is 0.155 e. The van der Waals surface area contributed by atoms with Crippen molar-refractivity contribution in [1.29, 1.82) is 0 Å². The quantitative estimate of drug-likeness (QED) is 0.820. The Morgan fingerprint density at radius 3 is 2.59 bits per heavy atom. The number of hydrogen-bond acceptors (Lipinski definition) is 3. The summed E-state index contributed by atoms with van der Waals surface area (Å²) in [6.07, 6.45) is 3.88. The molecule has 0 fully saturated rings. The first kappa shape index (κ1) is 13.8. The summed E-state index contributed by atoms with van der Waals surface area (Å²) in [6, 6.07) is 3.57. The van der Waals surface area contributed by atoms with Crippen LogP contribution in [0.4, 0.5) is 0 Å². The SMILES string of the molecule is CCc1ccc(CC(=O)C(N)CC(C)C)nc1. The van der Waals surface area contributed by atoms with E-state index in [-0.39, 0.29) is 11.8 Å². The molecule has 0 saturated heterocycles. The van der Waals surface area contributed by atoms with Gasteiger partial charge in [-0.25, -0.2) is 0 Å². The second-order valence-corrected chi connectivity index (χ2v) is 4.89. The Hall–Kier alpha value is -1.22. The zero-order valence-corrected chi connectivity index (χ0v) is 10.9. The monoisotopic (exact) mass is 234 g/mol. The van der Waals surface area contributed by atoms with E-state index in [2.05, 4.69) is 25.8 Å². The van der Waals surface area contributed by atoms with Gasteiger partial charge in [0.15, 0.2) is 5.78 Å². The molecule has 0 aliphatic rings. The number of rotatable bonds is 6. The van der Waals surface area contributed by atoms with Crippen LogP contribution in [0.2, 0.25) is 0 Å². The third-order valence-corrected chi connectivity index (χ3v) is 2.79. The van der Waals surface area contributed by atoms with Crippen LogP contribution in [-0.4, -0.2) is 16.8 Å². The van der Waals surface area contributed by atoms with Gasteiger partial charge in [0, 0.05) is 11.9 Å². The van der Waals surface area contributed by atoms with Crippen molar-refractivity contribution in [3.63, 3.8) is 0 Å². The van der Waals surface area contributed by atoms with Crippen LogP contribution >= 0.6 is 0 Å². The minimum Gasteiger partial charge on any atom is -0.321 e. The number of ketones is 1. The average Bonchev–Trinajstić information content (AvgIpc) is 2.29. The van der Waals surface area contributed by atoms with Gasteiger partial charge in [-0.3, -0.25) is 9.78 Å². The zero-order valence-electron chi connectivity index (χ0n) is 10.9. The fourth-order valence-corrected chi connectivity index (χ4v) is 1.72. The van der Waals surface area contributed by atoms with Gasteiger partial charge in [0.25, 0.3) is 0 Å². The minimum absolute atomic E-state index is 0.0791. The fraction of sp³-hybridized carbons (Fsp3) is 0.571. The van der Waals surface area contributed by atoms with E-state index in [4.69, 9.17) is 5.73 Å². The smallest absolute Gasteiger partial charge is 0.155 e. The minimum atomic E-state index is -0.359. The molecule has 0 saturated carbocycles. The molecule has 3 nitrogen and oxygen atoms in total. The number of nitrogens with zero attached hydrogens (tertiary/aromatic N) is 1. The number of pyridine rings is 1. The van der Waals surface area contributed by atoms with Gasteiger partial charge in [0.1, 0.15) is 0 Å². The average molecular weight is 234 g/mol. The Labute approximate surface area is 103 Å². The summed E-state index contributed by atoms with van der Waals surface area (Å²) in [5.74, 6) is 0.528. The first-order chi connectivity index (χ1) is 8.02. The van der Waals surface area contributed by atoms with E-state index in [9.17, 15) is 4.79 Å². The molecule has 94 valence electrons. The first-order valence-electron chi connectivity index (χ1n) is 6.25. The highest BCUT2D eigenvalue weighted by molar-refractivity contribution is 5.85. The topological polar surface area (TPSA) is 56.0 Å². The van der Waals surface area contributed by atoms with E-state index >= 15 is 0 Å². The number of aromatic nitrogens is 1. The maximum atomic E-state index is 11.8. The van der Waals surface area contributed by atoms with E-state index < -0.39 is 0 Å². The molecule has 0 bridgehead atoms. The zero-order chi connectivity index (χ0) is 12.8. The lowest BCUT2D eigenvalue weighted by Gasteiger charge is -2.12. The van der Waals surface area contributed by atoms with Crippen LogP contribution in [0.5, 0.6) is 0 Å². The molecule has 1 aromatic heterocycles. The van der Waals surface area contributed by atoms with E-state index in [1.54, 1.807) is 0 Å². The summed E-state index contributed by atoms with van der Waals surface area (Å²) in [7, 11) is 0. The third kappa shape index (κ3) is 4.65. The van der Waals surface area contributed by atoms with Crippen molar-refractivity contribution >= 4 is 5.78 Å². The number of nitrogens with two attached hydrogens (primary N) is 1. The first-order valence-corrected chi connectivity index (χ1v) is 6.25. The normalized spacial score (nSPS) is 12.8. The van der Waals surface area contributed by atoms with Crippen LogP contribution in [0, 0.1) is 5.92 Å². The van der Waals surface area contributed by atoms with Crippen molar-refractivity contribution in [3.8, 4) is 0 Å². The van der Waals surface area contributed by atoms with Crippen molar-refractivity contribution in [1.82, 2.24) is 4.98 Å². The van der Waals surface area contributed by atoms with Gasteiger partial charge in [0.2, 0.25) is 0 Å².